The molecule has 0 spiro atoms. The van der Waals surface area contributed by atoms with E-state index in [1.807, 2.05) is 54.8 Å². The molecule has 0 radical (unpaired) electrons. The number of carbonyl (C=O) groups is 1. The molecule has 3 aromatic carbocycles. The van der Waals surface area contributed by atoms with Crippen LogP contribution in [0.5, 0.6) is 5.75 Å². The monoisotopic (exact) mass is 472 g/mol. The van der Waals surface area contributed by atoms with Gasteiger partial charge in [-0.1, -0.05) is 60.3 Å². The number of benzene rings is 3. The molecule has 1 N–H and O–H groups in total. The first-order chi connectivity index (χ1) is 16.5. The van der Waals surface area contributed by atoms with E-state index in [4.69, 9.17) is 4.74 Å². The summed E-state index contributed by atoms with van der Waals surface area (Å²) in [7, 11) is 0. The van der Waals surface area contributed by atoms with Crippen molar-refractivity contribution in [2.24, 2.45) is 0 Å². The summed E-state index contributed by atoms with van der Waals surface area (Å²) in [6.07, 6.45) is 1.79. The minimum Gasteiger partial charge on any atom is -0.485 e. The molecule has 0 aliphatic heterocycles. The van der Waals surface area contributed by atoms with E-state index in [0.29, 0.717) is 17.5 Å². The highest BCUT2D eigenvalue weighted by Crippen LogP contribution is 2.28. The number of amides is 1. The van der Waals surface area contributed by atoms with Crippen LogP contribution in [0.3, 0.4) is 0 Å². The zero-order valence-electron chi connectivity index (χ0n) is 19.7. The Labute approximate surface area is 204 Å². The second kappa shape index (κ2) is 10.6. The summed E-state index contributed by atoms with van der Waals surface area (Å²) in [4.78, 5) is 12.5. The standard InChI is InChI=1S/C27H28N4O2S/c1-5-14-31-25(16-33-24-13-12-21-8-6-7-9-22(21)20(24)4)29-30-27(31)34-17-26(32)28-23-15-18(2)10-11-19(23)3/h5-13,15H,1,14,16-17H2,2-4H3,(H,28,32). The number of thioether (sulfide) groups is 1. The number of aromatic nitrogens is 3. The summed E-state index contributed by atoms with van der Waals surface area (Å²) < 4.78 is 8.04. The van der Waals surface area contributed by atoms with Crippen LogP contribution >= 0.6 is 11.8 Å². The Bertz CT molecular complexity index is 1350. The van der Waals surface area contributed by atoms with Gasteiger partial charge in [0.25, 0.3) is 0 Å². The van der Waals surface area contributed by atoms with E-state index < -0.39 is 0 Å². The van der Waals surface area contributed by atoms with Crippen molar-refractivity contribution in [3.05, 3.63) is 89.8 Å². The fourth-order valence-electron chi connectivity index (χ4n) is 3.74. The number of anilines is 1. The molecule has 7 heteroatoms. The number of ether oxygens (including phenoxy) is 1. The summed E-state index contributed by atoms with van der Waals surface area (Å²) in [5, 5.41) is 14.6. The number of carbonyl (C=O) groups excluding carboxylic acids is 1. The Kier molecular flexibility index (Phi) is 7.33. The van der Waals surface area contributed by atoms with Gasteiger partial charge in [0.2, 0.25) is 5.91 Å². The second-order valence-corrected chi connectivity index (χ2v) is 9.09. The summed E-state index contributed by atoms with van der Waals surface area (Å²) in [5.74, 6) is 1.64. The predicted molar refractivity (Wildman–Crippen MR) is 139 cm³/mol. The fourth-order valence-corrected chi connectivity index (χ4v) is 4.50. The summed E-state index contributed by atoms with van der Waals surface area (Å²) in [6, 6.07) is 18.3. The molecule has 0 saturated heterocycles. The van der Waals surface area contributed by atoms with E-state index in [9.17, 15) is 4.79 Å². The topological polar surface area (TPSA) is 69.0 Å². The summed E-state index contributed by atoms with van der Waals surface area (Å²) in [6.45, 7) is 10.7. The van der Waals surface area contributed by atoms with Crippen molar-refractivity contribution < 1.29 is 9.53 Å². The maximum absolute atomic E-state index is 12.5. The number of nitrogens with zero attached hydrogens (tertiary/aromatic N) is 3. The molecule has 1 heterocycles. The largest absolute Gasteiger partial charge is 0.485 e. The van der Waals surface area contributed by atoms with E-state index in [1.165, 1.54) is 22.5 Å². The number of hydrogen-bond donors (Lipinski definition) is 1. The molecule has 0 aliphatic carbocycles. The normalized spacial score (nSPS) is 10.9. The minimum atomic E-state index is -0.0866. The average Bonchev–Trinajstić information content (AvgIpc) is 3.21. The van der Waals surface area contributed by atoms with Crippen molar-refractivity contribution in [3.8, 4) is 5.75 Å². The Hall–Kier alpha value is -3.58. The lowest BCUT2D eigenvalue weighted by molar-refractivity contribution is -0.113. The van der Waals surface area contributed by atoms with Crippen LogP contribution in [0.25, 0.3) is 10.8 Å². The molecule has 4 aromatic rings. The van der Waals surface area contributed by atoms with Gasteiger partial charge in [0.15, 0.2) is 11.0 Å². The number of rotatable bonds is 9. The molecule has 1 amide bonds. The van der Waals surface area contributed by atoms with Crippen LogP contribution in [-0.4, -0.2) is 26.4 Å². The zero-order chi connectivity index (χ0) is 24.1. The maximum atomic E-state index is 12.5. The van der Waals surface area contributed by atoms with Crippen LogP contribution in [0.2, 0.25) is 0 Å². The Balaban J connectivity index is 1.43. The molecule has 1 aromatic heterocycles. The second-order valence-electron chi connectivity index (χ2n) is 8.15. The van der Waals surface area contributed by atoms with E-state index in [0.717, 1.165) is 28.1 Å². The highest BCUT2D eigenvalue weighted by Gasteiger charge is 2.15. The van der Waals surface area contributed by atoms with Gasteiger partial charge in [0, 0.05) is 12.2 Å². The number of nitrogens with one attached hydrogen (secondary N) is 1. The first-order valence-electron chi connectivity index (χ1n) is 11.1. The SMILES string of the molecule is C=CCn1c(COc2ccc3ccccc3c2C)nnc1SCC(=O)Nc1cc(C)ccc1C. The lowest BCUT2D eigenvalue weighted by Crippen LogP contribution is -2.15. The van der Waals surface area contributed by atoms with E-state index >= 15 is 0 Å². The third-order valence-corrected chi connectivity index (χ3v) is 6.58. The molecule has 0 fully saturated rings. The van der Waals surface area contributed by atoms with Gasteiger partial charge in [-0.05, 0) is 60.4 Å². The minimum absolute atomic E-state index is 0.0866. The molecule has 0 aliphatic rings. The number of aryl methyl sites for hydroxylation is 3. The summed E-state index contributed by atoms with van der Waals surface area (Å²) in [5.41, 5.74) is 4.05. The maximum Gasteiger partial charge on any atom is 0.234 e. The quantitative estimate of drug-likeness (QED) is 0.244. The van der Waals surface area contributed by atoms with Crippen molar-refractivity contribution in [1.82, 2.24) is 14.8 Å². The van der Waals surface area contributed by atoms with E-state index in [2.05, 4.69) is 47.2 Å². The molecule has 0 atom stereocenters. The van der Waals surface area contributed by atoms with Gasteiger partial charge in [-0.25, -0.2) is 0 Å². The van der Waals surface area contributed by atoms with Gasteiger partial charge in [-0.15, -0.1) is 16.8 Å². The first kappa shape index (κ1) is 23.6. The third kappa shape index (κ3) is 5.31. The van der Waals surface area contributed by atoms with Crippen LogP contribution in [0.1, 0.15) is 22.5 Å². The number of allylic oxidation sites excluding steroid dienone is 1. The van der Waals surface area contributed by atoms with Gasteiger partial charge < -0.3 is 10.1 Å². The first-order valence-corrected chi connectivity index (χ1v) is 12.1. The molecular formula is C27H28N4O2S. The number of hydrogen-bond acceptors (Lipinski definition) is 5. The highest BCUT2D eigenvalue weighted by atomic mass is 32.2. The van der Waals surface area contributed by atoms with Crippen LogP contribution in [-0.2, 0) is 17.9 Å². The van der Waals surface area contributed by atoms with Gasteiger partial charge in [0.1, 0.15) is 12.4 Å². The predicted octanol–water partition coefficient (Wildman–Crippen LogP) is 5.85. The molecule has 0 bridgehead atoms. The fraction of sp³-hybridized carbons (Fsp3) is 0.222. The molecule has 0 saturated carbocycles. The Morgan fingerprint density at radius 3 is 2.76 bits per heavy atom. The molecule has 6 nitrogen and oxygen atoms in total. The zero-order valence-corrected chi connectivity index (χ0v) is 20.5. The van der Waals surface area contributed by atoms with Crippen molar-refractivity contribution >= 4 is 34.1 Å². The van der Waals surface area contributed by atoms with E-state index in [-0.39, 0.29) is 18.3 Å². The molecule has 0 unspecified atom stereocenters. The number of fused-ring (bicyclic) bond motifs is 1. The summed E-state index contributed by atoms with van der Waals surface area (Å²) >= 11 is 1.35. The third-order valence-electron chi connectivity index (χ3n) is 5.61. The van der Waals surface area contributed by atoms with Crippen molar-refractivity contribution in [2.45, 2.75) is 39.1 Å². The van der Waals surface area contributed by atoms with E-state index in [1.54, 1.807) is 6.08 Å². The van der Waals surface area contributed by atoms with Crippen LogP contribution < -0.4 is 10.1 Å². The van der Waals surface area contributed by atoms with Crippen molar-refractivity contribution in [3.63, 3.8) is 0 Å². The molecule has 174 valence electrons. The van der Waals surface area contributed by atoms with Crippen LogP contribution in [0, 0.1) is 20.8 Å². The van der Waals surface area contributed by atoms with Crippen LogP contribution in [0.4, 0.5) is 5.69 Å². The average molecular weight is 473 g/mol. The lowest BCUT2D eigenvalue weighted by Gasteiger charge is -2.12. The van der Waals surface area contributed by atoms with Gasteiger partial charge in [0.05, 0.1) is 5.75 Å². The van der Waals surface area contributed by atoms with Crippen molar-refractivity contribution in [2.75, 3.05) is 11.1 Å². The van der Waals surface area contributed by atoms with Gasteiger partial charge >= 0.3 is 0 Å². The Morgan fingerprint density at radius 1 is 1.12 bits per heavy atom. The molecular weight excluding hydrogens is 444 g/mol. The Morgan fingerprint density at radius 2 is 1.94 bits per heavy atom. The van der Waals surface area contributed by atoms with Gasteiger partial charge in [-0.3, -0.25) is 9.36 Å². The molecule has 34 heavy (non-hydrogen) atoms. The smallest absolute Gasteiger partial charge is 0.234 e. The van der Waals surface area contributed by atoms with Crippen molar-refractivity contribution in [1.29, 1.82) is 0 Å². The lowest BCUT2D eigenvalue weighted by atomic mass is 10.0. The molecule has 4 rings (SSSR count). The van der Waals surface area contributed by atoms with Gasteiger partial charge in [-0.2, -0.15) is 0 Å². The highest BCUT2D eigenvalue weighted by molar-refractivity contribution is 7.99. The van der Waals surface area contributed by atoms with Crippen LogP contribution in [0.15, 0.2) is 72.4 Å².